The molecule has 2 nitrogen and oxygen atoms in total. The normalized spacial score (nSPS) is 14.6. The first-order chi connectivity index (χ1) is 12.2. The van der Waals surface area contributed by atoms with Crippen molar-refractivity contribution in [2.75, 3.05) is 0 Å². The first-order valence-electron chi connectivity index (χ1n) is 7.59. The fourth-order valence-electron chi connectivity index (χ4n) is 2.20. The predicted octanol–water partition coefficient (Wildman–Crippen LogP) is 6.50. The Labute approximate surface area is 170 Å². The highest BCUT2D eigenvalue weighted by Gasteiger charge is 2.81. The van der Waals surface area contributed by atoms with Gasteiger partial charge in [0.05, 0.1) is 0 Å². The van der Waals surface area contributed by atoms with Gasteiger partial charge in [0.25, 0.3) is 0 Å². The molecular formula is C14H17F9N2S3. The fraction of sp³-hybridized carbons (Fsp3) is 0.786. The lowest BCUT2D eigenvalue weighted by atomic mass is 9.97. The molecule has 0 radical (unpaired) electrons. The summed E-state index contributed by atoms with van der Waals surface area (Å²) in [6.07, 6.45) is -8.88. The summed E-state index contributed by atoms with van der Waals surface area (Å²) < 4.78 is 119. The maximum atomic E-state index is 13.7. The number of halogens is 9. The van der Waals surface area contributed by atoms with Crippen molar-refractivity contribution < 1.29 is 39.5 Å². The van der Waals surface area contributed by atoms with Crippen molar-refractivity contribution >= 4 is 37.5 Å². The second-order valence-electron chi connectivity index (χ2n) is 7.33. The van der Waals surface area contributed by atoms with Gasteiger partial charge in [-0.1, -0.05) is 20.8 Å². The van der Waals surface area contributed by atoms with Crippen molar-refractivity contribution in [1.82, 2.24) is 9.13 Å². The Balaban J connectivity index is 3.22. The van der Waals surface area contributed by atoms with Crippen LogP contribution in [0.4, 0.5) is 39.5 Å². The Morgan fingerprint density at radius 3 is 1.61 bits per heavy atom. The molecule has 1 rings (SSSR count). The van der Waals surface area contributed by atoms with Gasteiger partial charge >= 0.3 is 23.9 Å². The summed E-state index contributed by atoms with van der Waals surface area (Å²) >= 11 is 13.2. The van der Waals surface area contributed by atoms with Crippen LogP contribution in [-0.2, 0) is 13.1 Å². The zero-order chi connectivity index (χ0) is 22.5. The third-order valence-corrected chi connectivity index (χ3v) is 5.19. The van der Waals surface area contributed by atoms with Crippen LogP contribution in [0.2, 0.25) is 0 Å². The fourth-order valence-corrected chi connectivity index (χ4v) is 3.28. The minimum atomic E-state index is -6.92. The van der Waals surface area contributed by atoms with Gasteiger partial charge < -0.3 is 9.13 Å². The van der Waals surface area contributed by atoms with Crippen LogP contribution >= 0.6 is 37.5 Å². The average molecular weight is 480 g/mol. The molecule has 0 unspecified atom stereocenters. The van der Waals surface area contributed by atoms with Crippen molar-refractivity contribution in [3.8, 4) is 0 Å². The molecule has 0 spiro atoms. The standard InChI is InChI=1S/C14H17F9N2S3/c1-10(2,3)6-25-8(27)7(26)24(9(25)28)5-4-11(15,16)12(17,18)13(19,20)14(21,22)23/h26-27H,4-6H2,1-3H3. The molecule has 0 aliphatic carbocycles. The van der Waals surface area contributed by atoms with Crippen LogP contribution in [0.25, 0.3) is 0 Å². The smallest absolute Gasteiger partial charge is 0.311 e. The van der Waals surface area contributed by atoms with Gasteiger partial charge in [-0.25, -0.2) is 0 Å². The Hall–Kier alpha value is -0.500. The summed E-state index contributed by atoms with van der Waals surface area (Å²) in [6, 6.07) is 0. The van der Waals surface area contributed by atoms with Gasteiger partial charge in [0.1, 0.15) is 10.1 Å². The minimum absolute atomic E-state index is 0.110. The Morgan fingerprint density at radius 1 is 0.786 bits per heavy atom. The van der Waals surface area contributed by atoms with E-state index >= 15 is 0 Å². The SMILES string of the molecule is CC(C)(C)Cn1c(S)c(S)n(CCC(F)(F)C(F)(F)C(F)(F)C(F)(F)F)c1=S. The van der Waals surface area contributed by atoms with Crippen LogP contribution in [0.3, 0.4) is 0 Å². The maximum absolute atomic E-state index is 13.7. The molecule has 14 heteroatoms. The van der Waals surface area contributed by atoms with Crippen LogP contribution < -0.4 is 0 Å². The highest BCUT2D eigenvalue weighted by molar-refractivity contribution is 7.83. The molecular weight excluding hydrogens is 463 g/mol. The van der Waals surface area contributed by atoms with Gasteiger partial charge in [-0.2, -0.15) is 39.5 Å². The van der Waals surface area contributed by atoms with Gasteiger partial charge in [0.15, 0.2) is 4.77 Å². The summed E-state index contributed by atoms with van der Waals surface area (Å²) in [5.74, 6) is -19.2. The molecule has 0 N–H and O–H groups in total. The summed E-state index contributed by atoms with van der Waals surface area (Å²) in [4.78, 5) is 0. The van der Waals surface area contributed by atoms with E-state index in [1.165, 1.54) is 4.57 Å². The van der Waals surface area contributed by atoms with Gasteiger partial charge in [-0.15, -0.1) is 25.3 Å². The van der Waals surface area contributed by atoms with E-state index in [1.807, 2.05) is 20.8 Å². The van der Waals surface area contributed by atoms with Gasteiger partial charge in [0, 0.05) is 19.5 Å². The molecule has 164 valence electrons. The van der Waals surface area contributed by atoms with E-state index in [9.17, 15) is 39.5 Å². The van der Waals surface area contributed by atoms with E-state index in [1.54, 1.807) is 0 Å². The van der Waals surface area contributed by atoms with Crippen molar-refractivity contribution in [3.05, 3.63) is 4.77 Å². The summed E-state index contributed by atoms with van der Waals surface area (Å²) in [5, 5.41) is -0.00163. The second kappa shape index (κ2) is 7.64. The lowest BCUT2D eigenvalue weighted by molar-refractivity contribution is -0.397. The summed E-state index contributed by atoms with van der Waals surface area (Å²) in [7, 11) is 0. The highest BCUT2D eigenvalue weighted by atomic mass is 32.1. The Morgan fingerprint density at radius 2 is 1.21 bits per heavy atom. The number of hydrogen-bond acceptors (Lipinski definition) is 3. The van der Waals surface area contributed by atoms with E-state index in [-0.39, 0.29) is 26.8 Å². The zero-order valence-electron chi connectivity index (χ0n) is 14.7. The van der Waals surface area contributed by atoms with Crippen molar-refractivity contribution in [2.45, 2.75) is 74.3 Å². The molecule has 0 atom stereocenters. The van der Waals surface area contributed by atoms with E-state index in [2.05, 4.69) is 25.3 Å². The Kier molecular flexibility index (Phi) is 6.97. The molecule has 0 amide bonds. The van der Waals surface area contributed by atoms with E-state index in [4.69, 9.17) is 12.2 Å². The summed E-state index contributed by atoms with van der Waals surface area (Å²) in [5.41, 5.74) is -0.353. The number of nitrogens with zero attached hydrogens (tertiary/aromatic N) is 2. The minimum Gasteiger partial charge on any atom is -0.311 e. The van der Waals surface area contributed by atoms with Crippen LogP contribution in [0.15, 0.2) is 10.1 Å². The molecule has 1 aromatic heterocycles. The molecule has 0 aliphatic heterocycles. The van der Waals surface area contributed by atoms with E-state index in [0.29, 0.717) is 0 Å². The molecule has 1 heterocycles. The number of hydrogen-bond donors (Lipinski definition) is 2. The van der Waals surface area contributed by atoms with Gasteiger partial charge in [0.2, 0.25) is 0 Å². The quantitative estimate of drug-likeness (QED) is 0.269. The molecule has 0 saturated heterocycles. The molecule has 0 aromatic carbocycles. The van der Waals surface area contributed by atoms with Crippen LogP contribution in [0.1, 0.15) is 27.2 Å². The third kappa shape index (κ3) is 4.63. The molecule has 0 saturated carbocycles. The number of alkyl halides is 9. The molecule has 0 bridgehead atoms. The van der Waals surface area contributed by atoms with Crippen molar-refractivity contribution in [2.24, 2.45) is 5.41 Å². The second-order valence-corrected chi connectivity index (χ2v) is 8.54. The highest BCUT2D eigenvalue weighted by Crippen LogP contribution is 2.54. The van der Waals surface area contributed by atoms with Crippen LogP contribution in [0.5, 0.6) is 0 Å². The largest absolute Gasteiger partial charge is 0.460 e. The van der Waals surface area contributed by atoms with E-state index < -0.39 is 36.9 Å². The molecule has 0 fully saturated rings. The van der Waals surface area contributed by atoms with Gasteiger partial charge in [-0.3, -0.25) is 0 Å². The molecule has 1 aromatic rings. The lowest BCUT2D eigenvalue weighted by Gasteiger charge is -2.33. The monoisotopic (exact) mass is 480 g/mol. The summed E-state index contributed by atoms with van der Waals surface area (Å²) in [6.45, 7) is 4.60. The van der Waals surface area contributed by atoms with Crippen molar-refractivity contribution in [1.29, 1.82) is 0 Å². The van der Waals surface area contributed by atoms with Crippen LogP contribution in [-0.4, -0.2) is 33.1 Å². The Bertz CT molecular complexity index is 773. The third-order valence-electron chi connectivity index (χ3n) is 3.66. The number of thiol groups is 2. The first-order valence-corrected chi connectivity index (χ1v) is 8.89. The van der Waals surface area contributed by atoms with E-state index in [0.717, 1.165) is 4.57 Å². The average Bonchev–Trinajstić information content (AvgIpc) is 2.66. The van der Waals surface area contributed by atoms with Gasteiger partial charge in [-0.05, 0) is 17.6 Å². The van der Waals surface area contributed by atoms with Crippen LogP contribution in [0, 0.1) is 10.2 Å². The molecule has 0 aliphatic rings. The first kappa shape index (κ1) is 25.5. The molecule has 28 heavy (non-hydrogen) atoms. The number of aromatic nitrogens is 2. The lowest BCUT2D eigenvalue weighted by Crippen LogP contribution is -2.61. The number of imidazole rings is 1. The topological polar surface area (TPSA) is 9.86 Å². The maximum Gasteiger partial charge on any atom is 0.460 e. The predicted molar refractivity (Wildman–Crippen MR) is 92.7 cm³/mol. The number of rotatable bonds is 6. The zero-order valence-corrected chi connectivity index (χ0v) is 17.3. The van der Waals surface area contributed by atoms with Crippen molar-refractivity contribution in [3.63, 3.8) is 0 Å².